The number of hydrogen-bond acceptors (Lipinski definition) is 4. The first-order valence-electron chi connectivity index (χ1n) is 8.57. The van der Waals surface area contributed by atoms with Gasteiger partial charge < -0.3 is 9.64 Å². The maximum absolute atomic E-state index is 9.52. The summed E-state index contributed by atoms with van der Waals surface area (Å²) < 4.78 is 5.42. The van der Waals surface area contributed by atoms with Crippen LogP contribution in [0.15, 0.2) is 18.2 Å². The monoisotopic (exact) mass is 327 g/mol. The summed E-state index contributed by atoms with van der Waals surface area (Å²) in [5, 5.41) is 18.8. The summed E-state index contributed by atoms with van der Waals surface area (Å²) in [6.45, 7) is 12.3. The summed E-state index contributed by atoms with van der Waals surface area (Å²) in [5.74, 6) is 1.23. The van der Waals surface area contributed by atoms with Gasteiger partial charge in [-0.3, -0.25) is 0 Å². The van der Waals surface area contributed by atoms with Gasteiger partial charge in [0.05, 0.1) is 17.7 Å². The zero-order valence-corrected chi connectivity index (χ0v) is 15.5. The van der Waals surface area contributed by atoms with Crippen molar-refractivity contribution >= 4 is 0 Å². The van der Waals surface area contributed by atoms with Crippen LogP contribution in [0.2, 0.25) is 0 Å². The molecule has 0 aliphatic carbocycles. The van der Waals surface area contributed by atoms with Gasteiger partial charge in [-0.25, -0.2) is 0 Å². The van der Waals surface area contributed by atoms with E-state index in [1.807, 2.05) is 12.1 Å². The molecule has 24 heavy (non-hydrogen) atoms. The Balaban J connectivity index is 3.14. The van der Waals surface area contributed by atoms with Gasteiger partial charge in [0.2, 0.25) is 0 Å². The lowest BCUT2D eigenvalue weighted by Crippen LogP contribution is -2.36. The number of nitriles is 2. The van der Waals surface area contributed by atoms with Crippen molar-refractivity contribution in [2.75, 3.05) is 33.4 Å². The third-order valence-electron chi connectivity index (χ3n) is 3.86. The summed E-state index contributed by atoms with van der Waals surface area (Å²) in [4.78, 5) is 2.44. The molecule has 1 unspecified atom stereocenters. The highest BCUT2D eigenvalue weighted by atomic mass is 16.5. The third-order valence-corrected chi connectivity index (χ3v) is 3.86. The normalized spacial score (nSPS) is 12.4. The molecule has 4 nitrogen and oxygen atoms in total. The molecule has 130 valence electrons. The first-order chi connectivity index (χ1) is 11.4. The zero-order chi connectivity index (χ0) is 18.1. The van der Waals surface area contributed by atoms with Crippen LogP contribution >= 0.6 is 0 Å². The van der Waals surface area contributed by atoms with E-state index >= 15 is 0 Å². The first-order valence-corrected chi connectivity index (χ1v) is 8.57. The fourth-order valence-corrected chi connectivity index (χ4v) is 3.14. The number of hydrogen-bond donors (Lipinski definition) is 0. The van der Waals surface area contributed by atoms with Gasteiger partial charge in [0.1, 0.15) is 12.1 Å². The van der Waals surface area contributed by atoms with Gasteiger partial charge in [-0.15, -0.1) is 0 Å². The number of nitrogens with zero attached hydrogens (tertiary/aromatic N) is 3. The third kappa shape index (κ3) is 5.96. The van der Waals surface area contributed by atoms with Crippen LogP contribution in [0.4, 0.5) is 0 Å². The van der Waals surface area contributed by atoms with Crippen molar-refractivity contribution in [3.63, 3.8) is 0 Å². The fraction of sp³-hybridized carbons (Fsp3) is 0.600. The van der Waals surface area contributed by atoms with E-state index in [0.717, 1.165) is 25.2 Å². The van der Waals surface area contributed by atoms with Crippen LogP contribution in [0.5, 0.6) is 0 Å². The van der Waals surface area contributed by atoms with Crippen molar-refractivity contribution in [3.05, 3.63) is 34.9 Å². The van der Waals surface area contributed by atoms with Crippen LogP contribution < -0.4 is 0 Å². The Kier molecular flexibility index (Phi) is 8.47. The van der Waals surface area contributed by atoms with E-state index in [1.54, 1.807) is 13.2 Å². The smallest absolute Gasteiger partial charge is 0.101 e. The van der Waals surface area contributed by atoms with Gasteiger partial charge in [0.25, 0.3) is 0 Å². The number of rotatable bonds is 9. The van der Waals surface area contributed by atoms with E-state index in [1.165, 1.54) is 0 Å². The summed E-state index contributed by atoms with van der Waals surface area (Å²) in [7, 11) is 1.68. The highest BCUT2D eigenvalue weighted by molar-refractivity contribution is 5.51. The van der Waals surface area contributed by atoms with Gasteiger partial charge >= 0.3 is 0 Å². The molecule has 0 spiro atoms. The van der Waals surface area contributed by atoms with Crippen molar-refractivity contribution in [2.24, 2.45) is 11.8 Å². The second-order valence-electron chi connectivity index (χ2n) is 7.15. The molecule has 0 radical (unpaired) electrons. The van der Waals surface area contributed by atoms with Crippen LogP contribution in [0, 0.1) is 34.5 Å². The van der Waals surface area contributed by atoms with Crippen molar-refractivity contribution in [3.8, 4) is 12.1 Å². The van der Waals surface area contributed by atoms with Crippen molar-refractivity contribution in [2.45, 2.75) is 33.6 Å². The minimum absolute atomic E-state index is 0.0791. The Labute approximate surface area is 146 Å². The molecule has 1 rings (SSSR count). The minimum atomic E-state index is 0.0791. The molecular weight excluding hydrogens is 298 g/mol. The standard InChI is InChI=1S/C20H29N3O/c1-15(2)11-23(12-16(3)4)13-18(14-24-5)19-8-6-7-17(9-21)20(19)10-22/h6-8,15-16,18H,11-14H2,1-5H3. The molecule has 0 N–H and O–H groups in total. The first kappa shape index (κ1) is 20.2. The summed E-state index contributed by atoms with van der Waals surface area (Å²) in [6, 6.07) is 9.84. The van der Waals surface area contributed by atoms with Gasteiger partial charge in [-0.1, -0.05) is 39.8 Å². The van der Waals surface area contributed by atoms with Crippen LogP contribution in [0.25, 0.3) is 0 Å². The van der Waals surface area contributed by atoms with Crippen LogP contribution in [-0.4, -0.2) is 38.3 Å². The summed E-state index contributed by atoms with van der Waals surface area (Å²) in [5.41, 5.74) is 1.84. The zero-order valence-electron chi connectivity index (χ0n) is 15.5. The van der Waals surface area contributed by atoms with Crippen molar-refractivity contribution < 1.29 is 4.74 Å². The average Bonchev–Trinajstić information content (AvgIpc) is 2.52. The molecular formula is C20H29N3O. The second kappa shape index (κ2) is 10.1. The molecule has 0 saturated heterocycles. The largest absolute Gasteiger partial charge is 0.384 e. The van der Waals surface area contributed by atoms with E-state index < -0.39 is 0 Å². The van der Waals surface area contributed by atoms with E-state index in [-0.39, 0.29) is 5.92 Å². The molecule has 0 aliphatic heterocycles. The minimum Gasteiger partial charge on any atom is -0.384 e. The van der Waals surface area contributed by atoms with Crippen LogP contribution in [0.1, 0.15) is 50.3 Å². The summed E-state index contributed by atoms with van der Waals surface area (Å²) in [6.07, 6.45) is 0. The lowest BCUT2D eigenvalue weighted by Gasteiger charge is -2.30. The highest BCUT2D eigenvalue weighted by Crippen LogP contribution is 2.25. The topological polar surface area (TPSA) is 60.0 Å². The molecule has 1 aromatic carbocycles. The van der Waals surface area contributed by atoms with E-state index in [9.17, 15) is 10.5 Å². The fourth-order valence-electron chi connectivity index (χ4n) is 3.14. The quantitative estimate of drug-likeness (QED) is 0.692. The lowest BCUT2D eigenvalue weighted by molar-refractivity contribution is 0.140. The Hall–Kier alpha value is -1.88. The Morgan fingerprint density at radius 3 is 2.08 bits per heavy atom. The molecule has 0 bridgehead atoms. The predicted octanol–water partition coefficient (Wildman–Crippen LogP) is 3.77. The Bertz CT molecular complexity index is 586. The maximum atomic E-state index is 9.52. The SMILES string of the molecule is COCC(CN(CC(C)C)CC(C)C)c1cccc(C#N)c1C#N. The highest BCUT2D eigenvalue weighted by Gasteiger charge is 2.22. The van der Waals surface area contributed by atoms with Gasteiger partial charge in [0.15, 0.2) is 0 Å². The Morgan fingerprint density at radius 1 is 1.00 bits per heavy atom. The number of benzene rings is 1. The molecule has 0 amide bonds. The van der Waals surface area contributed by atoms with E-state index in [4.69, 9.17) is 4.74 Å². The van der Waals surface area contributed by atoms with Gasteiger partial charge in [-0.05, 0) is 23.5 Å². The predicted molar refractivity (Wildman–Crippen MR) is 96.6 cm³/mol. The van der Waals surface area contributed by atoms with Gasteiger partial charge in [-0.2, -0.15) is 10.5 Å². The van der Waals surface area contributed by atoms with Crippen molar-refractivity contribution in [1.29, 1.82) is 10.5 Å². The van der Waals surface area contributed by atoms with Crippen molar-refractivity contribution in [1.82, 2.24) is 4.90 Å². The van der Waals surface area contributed by atoms with Crippen LogP contribution in [-0.2, 0) is 4.74 Å². The van der Waals surface area contributed by atoms with Crippen LogP contribution in [0.3, 0.4) is 0 Å². The van der Waals surface area contributed by atoms with E-state index in [0.29, 0.717) is 29.6 Å². The molecule has 0 saturated carbocycles. The molecule has 0 fully saturated rings. The van der Waals surface area contributed by atoms with Gasteiger partial charge in [0, 0.05) is 32.7 Å². The number of methoxy groups -OCH3 is 1. The average molecular weight is 327 g/mol. The Morgan fingerprint density at radius 2 is 1.62 bits per heavy atom. The molecule has 4 heteroatoms. The number of ether oxygens (including phenoxy) is 1. The maximum Gasteiger partial charge on any atom is 0.101 e. The molecule has 0 aliphatic rings. The molecule has 1 atom stereocenters. The van der Waals surface area contributed by atoms with E-state index in [2.05, 4.69) is 44.7 Å². The molecule has 1 aromatic rings. The summed E-state index contributed by atoms with van der Waals surface area (Å²) >= 11 is 0. The lowest BCUT2D eigenvalue weighted by atomic mass is 9.91. The molecule has 0 aromatic heterocycles. The molecule has 0 heterocycles. The second-order valence-corrected chi connectivity index (χ2v) is 7.15.